The van der Waals surface area contributed by atoms with Crippen molar-refractivity contribution < 1.29 is 29.9 Å². The molecule has 6 nitrogen and oxygen atoms in total. The summed E-state index contributed by atoms with van der Waals surface area (Å²) in [4.78, 5) is 0. The molecule has 0 aliphatic heterocycles. The van der Waals surface area contributed by atoms with E-state index in [1.807, 2.05) is 0 Å². The molecular formula is C14H22O6. The third kappa shape index (κ3) is 5.96. The quantitative estimate of drug-likeness (QED) is 0.444. The highest BCUT2D eigenvalue weighted by Crippen LogP contribution is 2.18. The van der Waals surface area contributed by atoms with Gasteiger partial charge in [0.2, 0.25) is 0 Å². The molecule has 0 saturated carbocycles. The lowest BCUT2D eigenvalue weighted by Crippen LogP contribution is -2.11. The predicted molar refractivity (Wildman–Crippen MR) is 72.2 cm³/mol. The molecule has 0 spiro atoms. The normalized spacial score (nSPS) is 14.2. The first-order chi connectivity index (χ1) is 9.69. The second-order valence-electron chi connectivity index (χ2n) is 4.30. The van der Waals surface area contributed by atoms with E-state index in [1.165, 1.54) is 0 Å². The molecule has 2 atom stereocenters. The van der Waals surface area contributed by atoms with E-state index in [0.717, 1.165) is 0 Å². The summed E-state index contributed by atoms with van der Waals surface area (Å²) in [6.45, 7) is 0.452. The lowest BCUT2D eigenvalue weighted by atomic mass is 10.0. The molecule has 0 radical (unpaired) electrons. The fourth-order valence-corrected chi connectivity index (χ4v) is 1.65. The zero-order valence-corrected chi connectivity index (χ0v) is 11.3. The molecule has 0 aliphatic carbocycles. The summed E-state index contributed by atoms with van der Waals surface area (Å²) in [5.41, 5.74) is 1.35. The molecule has 0 heterocycles. The molecule has 0 aromatic heterocycles. The summed E-state index contributed by atoms with van der Waals surface area (Å²) in [6.07, 6.45) is -1.53. The van der Waals surface area contributed by atoms with Crippen molar-refractivity contribution in [1.29, 1.82) is 0 Å². The number of rotatable bonds is 10. The van der Waals surface area contributed by atoms with Gasteiger partial charge < -0.3 is 29.9 Å². The Labute approximate surface area is 118 Å². The molecule has 4 N–H and O–H groups in total. The van der Waals surface area contributed by atoms with E-state index in [9.17, 15) is 10.2 Å². The van der Waals surface area contributed by atoms with Crippen molar-refractivity contribution in [2.75, 3.05) is 39.6 Å². The highest BCUT2D eigenvalue weighted by molar-refractivity contribution is 5.25. The van der Waals surface area contributed by atoms with Crippen molar-refractivity contribution in [3.05, 3.63) is 35.4 Å². The first kappa shape index (κ1) is 17.0. The van der Waals surface area contributed by atoms with Gasteiger partial charge in [-0.25, -0.2) is 0 Å². The molecule has 114 valence electrons. The smallest absolute Gasteiger partial charge is 0.102 e. The van der Waals surface area contributed by atoms with Crippen LogP contribution in [0.3, 0.4) is 0 Å². The lowest BCUT2D eigenvalue weighted by Gasteiger charge is -2.14. The first-order valence-electron chi connectivity index (χ1n) is 6.52. The first-order valence-corrected chi connectivity index (χ1v) is 6.52. The molecular weight excluding hydrogens is 264 g/mol. The number of hydrogen-bond donors (Lipinski definition) is 4. The van der Waals surface area contributed by atoms with Crippen LogP contribution in [0.5, 0.6) is 0 Å². The van der Waals surface area contributed by atoms with Gasteiger partial charge in [-0.05, 0) is 11.1 Å². The summed E-state index contributed by atoms with van der Waals surface area (Å²) in [7, 11) is 0. The molecule has 0 aliphatic rings. The largest absolute Gasteiger partial charge is 0.394 e. The van der Waals surface area contributed by atoms with E-state index in [4.69, 9.17) is 19.7 Å². The molecule has 1 rings (SSSR count). The Hall–Kier alpha value is -1.02. The molecule has 0 amide bonds. The highest BCUT2D eigenvalue weighted by Gasteiger charge is 2.11. The Balaban J connectivity index is 2.46. The molecule has 0 bridgehead atoms. The minimum Gasteiger partial charge on any atom is -0.394 e. The van der Waals surface area contributed by atoms with Crippen molar-refractivity contribution >= 4 is 0 Å². The van der Waals surface area contributed by atoms with Crippen LogP contribution in [0, 0.1) is 0 Å². The van der Waals surface area contributed by atoms with Crippen LogP contribution in [0.25, 0.3) is 0 Å². The fourth-order valence-electron chi connectivity index (χ4n) is 1.65. The Morgan fingerprint density at radius 2 is 1.10 bits per heavy atom. The van der Waals surface area contributed by atoms with Gasteiger partial charge in [0.1, 0.15) is 12.2 Å². The van der Waals surface area contributed by atoms with Crippen molar-refractivity contribution in [2.45, 2.75) is 12.2 Å². The Morgan fingerprint density at radius 1 is 0.750 bits per heavy atom. The second kappa shape index (κ2) is 9.82. The molecule has 1 aromatic rings. The topological polar surface area (TPSA) is 99.4 Å². The highest BCUT2D eigenvalue weighted by atomic mass is 16.5. The van der Waals surface area contributed by atoms with Gasteiger partial charge in [0.05, 0.1) is 39.6 Å². The van der Waals surface area contributed by atoms with Crippen LogP contribution in [0.4, 0.5) is 0 Å². The summed E-state index contributed by atoms with van der Waals surface area (Å²) in [5, 5.41) is 36.8. The van der Waals surface area contributed by atoms with Crippen molar-refractivity contribution in [3.8, 4) is 0 Å². The molecule has 0 fully saturated rings. The standard InChI is InChI=1S/C14H22O6/c15-5-7-19-9-13(17)11-1-2-12(4-3-11)14(18)10-20-8-6-16/h1-4,13-18H,5-10H2. The number of ether oxygens (including phenoxy) is 2. The summed E-state index contributed by atoms with van der Waals surface area (Å²) in [6, 6.07) is 6.82. The SMILES string of the molecule is OCCOCC(O)c1ccc(C(O)COCCO)cc1. The molecule has 1 aromatic carbocycles. The van der Waals surface area contributed by atoms with E-state index in [2.05, 4.69) is 0 Å². The van der Waals surface area contributed by atoms with Crippen LogP contribution in [-0.2, 0) is 9.47 Å². The Kier molecular flexibility index (Phi) is 8.36. The summed E-state index contributed by atoms with van der Waals surface area (Å²) < 4.78 is 10.1. The Bertz CT molecular complexity index is 318. The third-order valence-electron chi connectivity index (χ3n) is 2.73. The van der Waals surface area contributed by atoms with Crippen LogP contribution in [0.15, 0.2) is 24.3 Å². The number of aliphatic hydroxyl groups is 4. The number of hydrogen-bond acceptors (Lipinski definition) is 6. The Morgan fingerprint density at radius 3 is 1.40 bits per heavy atom. The van der Waals surface area contributed by atoms with Gasteiger partial charge in [-0.2, -0.15) is 0 Å². The van der Waals surface area contributed by atoms with E-state index in [1.54, 1.807) is 24.3 Å². The fraction of sp³-hybridized carbons (Fsp3) is 0.571. The van der Waals surface area contributed by atoms with Crippen LogP contribution in [0.2, 0.25) is 0 Å². The van der Waals surface area contributed by atoms with Crippen molar-refractivity contribution in [3.63, 3.8) is 0 Å². The zero-order chi connectivity index (χ0) is 14.8. The van der Waals surface area contributed by atoms with E-state index >= 15 is 0 Å². The van der Waals surface area contributed by atoms with Gasteiger partial charge in [-0.1, -0.05) is 24.3 Å². The minimum absolute atomic E-state index is 0.0777. The lowest BCUT2D eigenvalue weighted by molar-refractivity contribution is 0.0192. The second-order valence-corrected chi connectivity index (χ2v) is 4.30. The van der Waals surface area contributed by atoms with E-state index < -0.39 is 12.2 Å². The maximum Gasteiger partial charge on any atom is 0.102 e. The number of benzene rings is 1. The minimum atomic E-state index is -0.765. The third-order valence-corrected chi connectivity index (χ3v) is 2.73. The van der Waals surface area contributed by atoms with E-state index in [0.29, 0.717) is 11.1 Å². The van der Waals surface area contributed by atoms with Crippen LogP contribution in [-0.4, -0.2) is 60.1 Å². The van der Waals surface area contributed by atoms with Crippen molar-refractivity contribution in [1.82, 2.24) is 0 Å². The molecule has 20 heavy (non-hydrogen) atoms. The monoisotopic (exact) mass is 286 g/mol. The molecule has 0 saturated heterocycles. The predicted octanol–water partition coefficient (Wildman–Crippen LogP) is -0.229. The maximum atomic E-state index is 9.83. The van der Waals surface area contributed by atoms with E-state index in [-0.39, 0.29) is 39.6 Å². The van der Waals surface area contributed by atoms with Gasteiger partial charge in [0, 0.05) is 0 Å². The average molecular weight is 286 g/mol. The summed E-state index contributed by atoms with van der Waals surface area (Å²) >= 11 is 0. The van der Waals surface area contributed by atoms with Gasteiger partial charge in [0.15, 0.2) is 0 Å². The maximum absolute atomic E-state index is 9.83. The molecule has 6 heteroatoms. The van der Waals surface area contributed by atoms with Crippen LogP contribution >= 0.6 is 0 Å². The van der Waals surface area contributed by atoms with Gasteiger partial charge >= 0.3 is 0 Å². The van der Waals surface area contributed by atoms with Gasteiger partial charge in [-0.15, -0.1) is 0 Å². The van der Waals surface area contributed by atoms with Crippen LogP contribution in [0.1, 0.15) is 23.3 Å². The zero-order valence-electron chi connectivity index (χ0n) is 11.3. The van der Waals surface area contributed by atoms with Crippen LogP contribution < -0.4 is 0 Å². The summed E-state index contributed by atoms with van der Waals surface area (Å²) in [5.74, 6) is 0. The number of aliphatic hydroxyl groups excluding tert-OH is 4. The van der Waals surface area contributed by atoms with Crippen molar-refractivity contribution in [2.24, 2.45) is 0 Å². The van der Waals surface area contributed by atoms with Gasteiger partial charge in [0.25, 0.3) is 0 Å². The van der Waals surface area contributed by atoms with Gasteiger partial charge in [-0.3, -0.25) is 0 Å². The average Bonchev–Trinajstić information content (AvgIpc) is 2.47. The molecule has 2 unspecified atom stereocenters.